The van der Waals surface area contributed by atoms with E-state index in [1.807, 2.05) is 30.3 Å². The van der Waals surface area contributed by atoms with Crippen LogP contribution in [0.2, 0.25) is 5.02 Å². The summed E-state index contributed by atoms with van der Waals surface area (Å²) in [5.41, 5.74) is 8.34. The van der Waals surface area contributed by atoms with Crippen molar-refractivity contribution in [2.45, 2.75) is 12.8 Å². The summed E-state index contributed by atoms with van der Waals surface area (Å²) in [7, 11) is 0. The first kappa shape index (κ1) is 24.9. The smallest absolute Gasteiger partial charge is 0.338 e. The quantitative estimate of drug-likeness (QED) is 0.277. The third-order valence-electron chi connectivity index (χ3n) is 5.93. The standard InChI is InChI=1S/C29H25ClN2O4/c1-2-36-29(35)26-24(20-14-16-21(30)17-15-20)25(23(33)18-13-19-9-5-3-6-10-19)28(34)32(27(26)31)22-11-7-4-8-12-22/h3-18,24-25H,2,31H2,1H3/b18-13+. The Morgan fingerprint density at radius 1 is 0.972 bits per heavy atom. The predicted octanol–water partition coefficient (Wildman–Crippen LogP) is 5.10. The average Bonchev–Trinajstić information content (AvgIpc) is 2.89. The molecule has 0 spiro atoms. The number of para-hydroxylation sites is 1. The molecule has 6 nitrogen and oxygen atoms in total. The van der Waals surface area contributed by atoms with E-state index in [2.05, 4.69) is 0 Å². The number of amides is 1. The number of hydrogen-bond donors (Lipinski definition) is 1. The van der Waals surface area contributed by atoms with Gasteiger partial charge in [0.1, 0.15) is 11.7 Å². The molecule has 36 heavy (non-hydrogen) atoms. The maximum absolute atomic E-state index is 13.9. The number of carbonyl (C=O) groups is 3. The maximum Gasteiger partial charge on any atom is 0.338 e. The number of nitrogens with two attached hydrogens (primary N) is 1. The lowest BCUT2D eigenvalue weighted by Gasteiger charge is -2.38. The Labute approximate surface area is 214 Å². The summed E-state index contributed by atoms with van der Waals surface area (Å²) >= 11 is 6.09. The molecule has 3 aromatic carbocycles. The molecule has 1 heterocycles. The van der Waals surface area contributed by atoms with E-state index in [1.165, 1.54) is 11.0 Å². The van der Waals surface area contributed by atoms with Crippen LogP contribution in [0.5, 0.6) is 0 Å². The molecule has 2 atom stereocenters. The van der Waals surface area contributed by atoms with Crippen molar-refractivity contribution in [1.29, 1.82) is 0 Å². The van der Waals surface area contributed by atoms with Crippen molar-refractivity contribution in [3.05, 3.63) is 119 Å². The van der Waals surface area contributed by atoms with E-state index >= 15 is 0 Å². The summed E-state index contributed by atoms with van der Waals surface area (Å²) in [6.45, 7) is 1.79. The van der Waals surface area contributed by atoms with Crippen molar-refractivity contribution in [2.75, 3.05) is 11.5 Å². The van der Waals surface area contributed by atoms with E-state index in [4.69, 9.17) is 22.1 Å². The molecule has 0 saturated carbocycles. The van der Waals surface area contributed by atoms with Crippen molar-refractivity contribution < 1.29 is 19.1 Å². The third kappa shape index (κ3) is 5.09. The number of halogens is 1. The minimum atomic E-state index is -1.25. The highest BCUT2D eigenvalue weighted by Crippen LogP contribution is 2.42. The summed E-state index contributed by atoms with van der Waals surface area (Å²) in [6.07, 6.45) is 3.02. The van der Waals surface area contributed by atoms with Crippen molar-refractivity contribution in [2.24, 2.45) is 11.7 Å². The second-order valence-electron chi connectivity index (χ2n) is 8.18. The van der Waals surface area contributed by atoms with Crippen LogP contribution in [0.4, 0.5) is 5.69 Å². The first-order valence-electron chi connectivity index (χ1n) is 11.5. The van der Waals surface area contributed by atoms with E-state index < -0.39 is 29.5 Å². The number of ketones is 1. The zero-order valence-electron chi connectivity index (χ0n) is 19.6. The number of ether oxygens (including phenoxy) is 1. The van der Waals surface area contributed by atoms with Gasteiger partial charge in [-0.15, -0.1) is 0 Å². The summed E-state index contributed by atoms with van der Waals surface area (Å²) < 4.78 is 5.33. The van der Waals surface area contributed by atoms with Crippen molar-refractivity contribution in [3.63, 3.8) is 0 Å². The Balaban J connectivity index is 1.90. The molecule has 3 aromatic rings. The number of hydrogen-bond acceptors (Lipinski definition) is 5. The molecule has 4 rings (SSSR count). The van der Waals surface area contributed by atoms with Gasteiger partial charge in [-0.05, 0) is 48.4 Å². The molecular weight excluding hydrogens is 476 g/mol. The van der Waals surface area contributed by atoms with Gasteiger partial charge in [0.15, 0.2) is 5.78 Å². The third-order valence-corrected chi connectivity index (χ3v) is 6.18. The number of esters is 1. The molecule has 0 fully saturated rings. The molecule has 1 aliphatic rings. The Morgan fingerprint density at radius 2 is 1.58 bits per heavy atom. The molecular formula is C29H25ClN2O4. The van der Waals surface area contributed by atoms with Crippen LogP contribution < -0.4 is 10.6 Å². The van der Waals surface area contributed by atoms with Crippen LogP contribution in [0, 0.1) is 5.92 Å². The fourth-order valence-electron chi connectivity index (χ4n) is 4.29. The van der Waals surface area contributed by atoms with E-state index in [-0.39, 0.29) is 18.0 Å². The van der Waals surface area contributed by atoms with Gasteiger partial charge in [-0.25, -0.2) is 4.79 Å². The van der Waals surface area contributed by atoms with Crippen LogP contribution in [0.1, 0.15) is 24.0 Å². The lowest BCUT2D eigenvalue weighted by Crippen LogP contribution is -2.50. The molecule has 0 aliphatic carbocycles. The van der Waals surface area contributed by atoms with E-state index in [0.717, 1.165) is 5.56 Å². The van der Waals surface area contributed by atoms with Crippen LogP contribution in [0.3, 0.4) is 0 Å². The molecule has 0 bridgehead atoms. The Morgan fingerprint density at radius 3 is 2.19 bits per heavy atom. The zero-order chi connectivity index (χ0) is 25.7. The zero-order valence-corrected chi connectivity index (χ0v) is 20.4. The van der Waals surface area contributed by atoms with Crippen LogP contribution in [-0.2, 0) is 19.1 Å². The normalized spacial score (nSPS) is 17.9. The molecule has 1 amide bonds. The fraction of sp³-hybridized carbons (Fsp3) is 0.138. The van der Waals surface area contributed by atoms with Gasteiger partial charge in [0.05, 0.1) is 17.9 Å². The van der Waals surface area contributed by atoms with Gasteiger partial charge in [-0.3, -0.25) is 14.5 Å². The highest BCUT2D eigenvalue weighted by molar-refractivity contribution is 6.30. The highest BCUT2D eigenvalue weighted by Gasteiger charge is 2.48. The minimum Gasteiger partial charge on any atom is -0.463 e. The SMILES string of the molecule is CCOC(=O)C1=C(N)N(c2ccccc2)C(=O)C(C(=O)/C=C/c2ccccc2)C1c1ccc(Cl)cc1. The first-order chi connectivity index (χ1) is 17.4. The first-order valence-corrected chi connectivity index (χ1v) is 11.9. The highest BCUT2D eigenvalue weighted by atomic mass is 35.5. The van der Waals surface area contributed by atoms with Gasteiger partial charge in [0.2, 0.25) is 5.91 Å². The van der Waals surface area contributed by atoms with Gasteiger partial charge in [0.25, 0.3) is 0 Å². The summed E-state index contributed by atoms with van der Waals surface area (Å²) in [5.74, 6) is -3.96. The lowest BCUT2D eigenvalue weighted by molar-refractivity contribution is -0.139. The number of anilines is 1. The Hall–Kier alpha value is -4.16. The molecule has 2 unspecified atom stereocenters. The van der Waals surface area contributed by atoms with Crippen LogP contribution in [0.15, 0.2) is 102 Å². The van der Waals surface area contributed by atoms with Crippen molar-refractivity contribution >= 4 is 41.0 Å². The Kier molecular flexibility index (Phi) is 7.66. The molecule has 1 aliphatic heterocycles. The van der Waals surface area contributed by atoms with E-state index in [1.54, 1.807) is 67.6 Å². The molecule has 0 radical (unpaired) electrons. The maximum atomic E-state index is 13.9. The van der Waals surface area contributed by atoms with Gasteiger partial charge >= 0.3 is 5.97 Å². The van der Waals surface area contributed by atoms with Gasteiger partial charge in [-0.1, -0.05) is 78.3 Å². The predicted molar refractivity (Wildman–Crippen MR) is 140 cm³/mol. The number of benzene rings is 3. The van der Waals surface area contributed by atoms with Crippen molar-refractivity contribution in [1.82, 2.24) is 0 Å². The second-order valence-corrected chi connectivity index (χ2v) is 8.62. The Bertz CT molecular complexity index is 1320. The van der Waals surface area contributed by atoms with Crippen LogP contribution >= 0.6 is 11.6 Å². The van der Waals surface area contributed by atoms with Gasteiger partial charge in [-0.2, -0.15) is 0 Å². The molecule has 2 N–H and O–H groups in total. The molecule has 0 saturated heterocycles. The van der Waals surface area contributed by atoms with E-state index in [0.29, 0.717) is 16.3 Å². The number of allylic oxidation sites excluding steroid dienone is 1. The second kappa shape index (κ2) is 11.1. The van der Waals surface area contributed by atoms with Gasteiger partial charge in [0, 0.05) is 10.9 Å². The van der Waals surface area contributed by atoms with Gasteiger partial charge < -0.3 is 10.5 Å². The topological polar surface area (TPSA) is 89.7 Å². The van der Waals surface area contributed by atoms with Crippen LogP contribution in [-0.4, -0.2) is 24.3 Å². The summed E-state index contributed by atoms with van der Waals surface area (Å²) in [5, 5.41) is 0.480. The monoisotopic (exact) mass is 500 g/mol. The van der Waals surface area contributed by atoms with Crippen molar-refractivity contribution in [3.8, 4) is 0 Å². The number of carbonyl (C=O) groups excluding carboxylic acids is 3. The molecule has 0 aromatic heterocycles. The van der Waals surface area contributed by atoms with E-state index in [9.17, 15) is 14.4 Å². The number of rotatable bonds is 7. The fourth-order valence-corrected chi connectivity index (χ4v) is 4.42. The number of nitrogens with zero attached hydrogens (tertiary/aromatic N) is 1. The average molecular weight is 501 g/mol. The lowest BCUT2D eigenvalue weighted by atomic mass is 9.74. The van der Waals surface area contributed by atoms with Crippen LogP contribution in [0.25, 0.3) is 6.08 Å². The summed E-state index contributed by atoms with van der Waals surface area (Å²) in [4.78, 5) is 42.1. The molecule has 182 valence electrons. The molecule has 7 heteroatoms. The minimum absolute atomic E-state index is 0.0501. The largest absolute Gasteiger partial charge is 0.463 e. The summed E-state index contributed by atoms with van der Waals surface area (Å²) in [6, 6.07) is 24.6.